The molecule has 0 bridgehead atoms. The Balaban J connectivity index is 2.35. The molecule has 3 nitrogen and oxygen atoms in total. The molecule has 1 aliphatic heterocycles. The molecule has 1 saturated heterocycles. The zero-order valence-corrected chi connectivity index (χ0v) is 11.2. The van der Waals surface area contributed by atoms with E-state index in [2.05, 4.69) is 0 Å². The van der Waals surface area contributed by atoms with E-state index in [0.717, 1.165) is 4.90 Å². The highest BCUT2D eigenvalue weighted by molar-refractivity contribution is 5.95. The van der Waals surface area contributed by atoms with Crippen LogP contribution in [-0.2, 0) is 0 Å². The van der Waals surface area contributed by atoms with Gasteiger partial charge >= 0.3 is 0 Å². The van der Waals surface area contributed by atoms with E-state index in [4.69, 9.17) is 0 Å². The van der Waals surface area contributed by atoms with Gasteiger partial charge in [0, 0.05) is 0 Å². The molecule has 0 aliphatic carbocycles. The number of carbonyl (C=O) groups is 1. The van der Waals surface area contributed by atoms with Crippen LogP contribution in [0, 0.1) is 35.0 Å². The predicted octanol–water partition coefficient (Wildman–Crippen LogP) is 2.23. The van der Waals surface area contributed by atoms with Crippen LogP contribution in [0.25, 0.3) is 0 Å². The Bertz CT molecular complexity index is 582. The summed E-state index contributed by atoms with van der Waals surface area (Å²) in [5.74, 6) is -12.6. The van der Waals surface area contributed by atoms with E-state index in [1.807, 2.05) is 0 Å². The fourth-order valence-corrected chi connectivity index (χ4v) is 2.07. The molecule has 1 aliphatic rings. The maximum absolute atomic E-state index is 13.5. The van der Waals surface area contributed by atoms with E-state index < -0.39 is 46.2 Å². The first-order valence-electron chi connectivity index (χ1n) is 6.13. The molecule has 1 heterocycles. The van der Waals surface area contributed by atoms with Gasteiger partial charge < -0.3 is 10.0 Å². The van der Waals surface area contributed by atoms with Crippen LogP contribution in [0.4, 0.5) is 22.0 Å². The van der Waals surface area contributed by atoms with Gasteiger partial charge in [-0.05, 0) is 5.92 Å². The maximum atomic E-state index is 13.5. The molecule has 8 heteroatoms. The Morgan fingerprint density at radius 3 is 1.76 bits per heavy atom. The molecule has 2 rings (SSSR count). The largest absolute Gasteiger partial charge is 0.386 e. The van der Waals surface area contributed by atoms with Crippen LogP contribution in [0.5, 0.6) is 0 Å². The predicted molar refractivity (Wildman–Crippen MR) is 61.9 cm³/mol. The van der Waals surface area contributed by atoms with Crippen molar-refractivity contribution in [1.29, 1.82) is 0 Å². The number of β-amino-alcohol motifs (C(OH)–C–C–N with tert-alkyl or cyclic N) is 1. The first kappa shape index (κ1) is 15.7. The third-order valence-corrected chi connectivity index (χ3v) is 3.71. The van der Waals surface area contributed by atoms with Gasteiger partial charge in [0.05, 0.1) is 13.1 Å². The number of rotatable bonds is 2. The van der Waals surface area contributed by atoms with Crippen molar-refractivity contribution in [2.75, 3.05) is 13.1 Å². The van der Waals surface area contributed by atoms with Crippen molar-refractivity contribution in [2.24, 2.45) is 5.92 Å². The second-order valence-electron chi connectivity index (χ2n) is 5.36. The van der Waals surface area contributed by atoms with Crippen molar-refractivity contribution in [2.45, 2.75) is 19.4 Å². The highest BCUT2D eigenvalue weighted by Crippen LogP contribution is 2.32. The van der Waals surface area contributed by atoms with Crippen LogP contribution in [-0.4, -0.2) is 34.6 Å². The lowest BCUT2D eigenvalue weighted by atomic mass is 9.82. The van der Waals surface area contributed by atoms with Gasteiger partial charge in [-0.15, -0.1) is 0 Å². The van der Waals surface area contributed by atoms with Gasteiger partial charge in [-0.2, -0.15) is 0 Å². The minimum Gasteiger partial charge on any atom is -0.386 e. The lowest BCUT2D eigenvalue weighted by molar-refractivity contribution is -0.111. The van der Waals surface area contributed by atoms with Crippen molar-refractivity contribution in [1.82, 2.24) is 4.90 Å². The first-order valence-corrected chi connectivity index (χ1v) is 6.13. The normalized spacial score (nSPS) is 17.1. The molecule has 1 fully saturated rings. The third-order valence-electron chi connectivity index (χ3n) is 3.71. The molecule has 0 aromatic heterocycles. The quantitative estimate of drug-likeness (QED) is 0.517. The Labute approximate surface area is 117 Å². The van der Waals surface area contributed by atoms with Crippen molar-refractivity contribution in [3.8, 4) is 0 Å². The fraction of sp³-hybridized carbons (Fsp3) is 0.462. The van der Waals surface area contributed by atoms with Crippen LogP contribution < -0.4 is 0 Å². The van der Waals surface area contributed by atoms with Crippen molar-refractivity contribution < 1.29 is 31.9 Å². The lowest BCUT2D eigenvalue weighted by Gasteiger charge is -2.49. The molecule has 116 valence electrons. The highest BCUT2D eigenvalue weighted by atomic mass is 19.2. The number of carbonyl (C=O) groups excluding carboxylic acids is 1. The molecule has 0 saturated carbocycles. The molecule has 0 radical (unpaired) electrons. The number of amides is 1. The molecular weight excluding hydrogens is 297 g/mol. The van der Waals surface area contributed by atoms with Crippen LogP contribution in [0.3, 0.4) is 0 Å². The number of nitrogens with zero attached hydrogens (tertiary/aromatic N) is 1. The molecule has 1 aromatic rings. The highest BCUT2D eigenvalue weighted by Gasteiger charge is 2.47. The van der Waals surface area contributed by atoms with Gasteiger partial charge in [-0.1, -0.05) is 13.8 Å². The lowest BCUT2D eigenvalue weighted by Crippen LogP contribution is -2.66. The van der Waals surface area contributed by atoms with E-state index in [9.17, 15) is 31.9 Å². The number of hydrogen-bond acceptors (Lipinski definition) is 2. The standard InChI is InChI=1S/C13H12F5NO2/c1-5(2)13(21)3-19(4-13)12(20)6-7(14)9(16)11(18)10(17)8(6)15/h5,21H,3-4H2,1-2H3. The second kappa shape index (κ2) is 4.94. The van der Waals surface area contributed by atoms with Gasteiger partial charge in [0.15, 0.2) is 23.3 Å². The van der Waals surface area contributed by atoms with Gasteiger partial charge in [-0.3, -0.25) is 4.79 Å². The molecular formula is C13H12F5NO2. The SMILES string of the molecule is CC(C)C1(O)CN(C(=O)c2c(F)c(F)c(F)c(F)c2F)C1. The minimum atomic E-state index is -2.32. The summed E-state index contributed by atoms with van der Waals surface area (Å²) in [6.07, 6.45) is 0. The number of hydrogen-bond donors (Lipinski definition) is 1. The topological polar surface area (TPSA) is 40.5 Å². The van der Waals surface area contributed by atoms with E-state index >= 15 is 0 Å². The van der Waals surface area contributed by atoms with Crippen molar-refractivity contribution >= 4 is 5.91 Å². The molecule has 0 atom stereocenters. The Hall–Kier alpha value is -1.70. The first-order chi connectivity index (χ1) is 9.60. The zero-order valence-electron chi connectivity index (χ0n) is 11.2. The molecule has 0 unspecified atom stereocenters. The van der Waals surface area contributed by atoms with E-state index in [1.165, 1.54) is 0 Å². The van der Waals surface area contributed by atoms with E-state index in [0.29, 0.717) is 0 Å². The number of halogens is 5. The summed E-state index contributed by atoms with van der Waals surface area (Å²) in [6.45, 7) is 2.90. The number of benzene rings is 1. The Morgan fingerprint density at radius 1 is 1.00 bits per heavy atom. The van der Waals surface area contributed by atoms with Gasteiger partial charge in [0.1, 0.15) is 11.2 Å². The van der Waals surface area contributed by atoms with Crippen molar-refractivity contribution in [3.63, 3.8) is 0 Å². The van der Waals surface area contributed by atoms with Crippen LogP contribution in [0.2, 0.25) is 0 Å². The summed E-state index contributed by atoms with van der Waals surface area (Å²) in [7, 11) is 0. The summed E-state index contributed by atoms with van der Waals surface area (Å²) in [6, 6.07) is 0. The summed E-state index contributed by atoms with van der Waals surface area (Å²) < 4.78 is 66.0. The Morgan fingerprint density at radius 2 is 1.38 bits per heavy atom. The monoisotopic (exact) mass is 309 g/mol. The summed E-state index contributed by atoms with van der Waals surface area (Å²) in [5, 5.41) is 9.96. The average Bonchev–Trinajstić information content (AvgIpc) is 2.39. The van der Waals surface area contributed by atoms with Crippen LogP contribution in [0.1, 0.15) is 24.2 Å². The average molecular weight is 309 g/mol. The van der Waals surface area contributed by atoms with Crippen LogP contribution >= 0.6 is 0 Å². The van der Waals surface area contributed by atoms with E-state index in [1.54, 1.807) is 13.8 Å². The summed E-state index contributed by atoms with van der Waals surface area (Å²) >= 11 is 0. The maximum Gasteiger partial charge on any atom is 0.260 e. The molecule has 1 N–H and O–H groups in total. The summed E-state index contributed by atoms with van der Waals surface area (Å²) in [4.78, 5) is 12.7. The third kappa shape index (κ3) is 2.27. The fourth-order valence-electron chi connectivity index (χ4n) is 2.07. The second-order valence-corrected chi connectivity index (χ2v) is 5.36. The number of likely N-dealkylation sites (tertiary alicyclic amines) is 1. The van der Waals surface area contributed by atoms with Gasteiger partial charge in [-0.25, -0.2) is 22.0 Å². The molecule has 1 amide bonds. The van der Waals surface area contributed by atoms with E-state index in [-0.39, 0.29) is 19.0 Å². The Kier molecular flexibility index (Phi) is 3.69. The van der Waals surface area contributed by atoms with Crippen LogP contribution in [0.15, 0.2) is 0 Å². The van der Waals surface area contributed by atoms with Gasteiger partial charge in [0.2, 0.25) is 5.82 Å². The molecule has 1 aromatic carbocycles. The molecule has 0 spiro atoms. The zero-order chi connectivity index (χ0) is 16.1. The smallest absolute Gasteiger partial charge is 0.260 e. The molecule has 21 heavy (non-hydrogen) atoms. The van der Waals surface area contributed by atoms with Crippen molar-refractivity contribution in [3.05, 3.63) is 34.6 Å². The number of aliphatic hydroxyl groups is 1. The minimum absolute atomic E-state index is 0.224. The summed E-state index contributed by atoms with van der Waals surface area (Å²) in [5.41, 5.74) is -2.73. The van der Waals surface area contributed by atoms with Gasteiger partial charge in [0.25, 0.3) is 5.91 Å².